The second-order valence-electron chi connectivity index (χ2n) is 5.84. The van der Waals surface area contributed by atoms with E-state index in [0.29, 0.717) is 0 Å². The van der Waals surface area contributed by atoms with Crippen LogP contribution in [0.25, 0.3) is 0 Å². The standard InChI is InChI=1S/C16H23N3O/c1-18-12-9-15(16(18)20)17-13-5-7-14(8-6-13)19-10-3-2-4-11-19/h5-8,15,17H,2-4,9-12H2,1H3. The average Bonchev–Trinajstić information content (AvgIpc) is 2.81. The molecule has 2 aliphatic rings. The van der Waals surface area contributed by atoms with Gasteiger partial charge in [-0.25, -0.2) is 0 Å². The number of amides is 1. The molecular formula is C16H23N3O. The van der Waals surface area contributed by atoms with Gasteiger partial charge in [-0.1, -0.05) is 0 Å². The molecule has 0 aliphatic carbocycles. The van der Waals surface area contributed by atoms with Crippen molar-refractivity contribution in [1.29, 1.82) is 0 Å². The predicted molar refractivity (Wildman–Crippen MR) is 82.2 cm³/mol. The molecule has 1 aromatic rings. The third-order valence-corrected chi connectivity index (χ3v) is 4.36. The van der Waals surface area contributed by atoms with E-state index in [1.165, 1.54) is 38.0 Å². The maximum atomic E-state index is 11.9. The van der Waals surface area contributed by atoms with Crippen molar-refractivity contribution in [3.05, 3.63) is 24.3 Å². The lowest BCUT2D eigenvalue weighted by Crippen LogP contribution is -2.31. The molecule has 2 fully saturated rings. The number of hydrogen-bond acceptors (Lipinski definition) is 3. The number of likely N-dealkylation sites (N-methyl/N-ethyl adjacent to an activating group) is 1. The van der Waals surface area contributed by atoms with Crippen LogP contribution in [-0.2, 0) is 4.79 Å². The lowest BCUT2D eigenvalue weighted by molar-refractivity contribution is -0.127. The van der Waals surface area contributed by atoms with E-state index >= 15 is 0 Å². The number of nitrogens with one attached hydrogen (secondary N) is 1. The number of rotatable bonds is 3. The van der Waals surface area contributed by atoms with Crippen LogP contribution in [0.4, 0.5) is 11.4 Å². The molecule has 0 radical (unpaired) electrons. The predicted octanol–water partition coefficient (Wildman–Crippen LogP) is 2.32. The normalized spacial score (nSPS) is 23.2. The molecule has 1 amide bonds. The van der Waals surface area contributed by atoms with Crippen molar-refractivity contribution in [3.63, 3.8) is 0 Å². The van der Waals surface area contributed by atoms with Gasteiger partial charge in [0.2, 0.25) is 5.91 Å². The van der Waals surface area contributed by atoms with Crippen molar-refractivity contribution in [1.82, 2.24) is 4.90 Å². The molecule has 2 saturated heterocycles. The number of benzene rings is 1. The Bertz CT molecular complexity index is 465. The highest BCUT2D eigenvalue weighted by atomic mass is 16.2. The topological polar surface area (TPSA) is 35.6 Å². The molecule has 4 nitrogen and oxygen atoms in total. The van der Waals surface area contributed by atoms with Crippen LogP contribution in [0.2, 0.25) is 0 Å². The third kappa shape index (κ3) is 2.74. The molecule has 20 heavy (non-hydrogen) atoms. The summed E-state index contributed by atoms with van der Waals surface area (Å²) in [5.74, 6) is 0.199. The van der Waals surface area contributed by atoms with Crippen LogP contribution in [0.3, 0.4) is 0 Å². The molecular weight excluding hydrogens is 250 g/mol. The number of nitrogens with zero attached hydrogens (tertiary/aromatic N) is 2. The number of piperidine rings is 1. The highest BCUT2D eigenvalue weighted by molar-refractivity contribution is 5.86. The Labute approximate surface area is 120 Å². The van der Waals surface area contributed by atoms with Gasteiger partial charge in [0, 0.05) is 38.1 Å². The molecule has 0 spiro atoms. The minimum atomic E-state index is -0.0548. The summed E-state index contributed by atoms with van der Waals surface area (Å²) in [6.45, 7) is 3.18. The van der Waals surface area contributed by atoms with Crippen LogP contribution in [0, 0.1) is 0 Å². The van der Waals surface area contributed by atoms with Crippen LogP contribution in [0.5, 0.6) is 0 Å². The van der Waals surface area contributed by atoms with Crippen LogP contribution < -0.4 is 10.2 Å². The van der Waals surface area contributed by atoms with E-state index in [1.807, 2.05) is 7.05 Å². The van der Waals surface area contributed by atoms with Gasteiger partial charge in [-0.2, -0.15) is 0 Å². The monoisotopic (exact) mass is 273 g/mol. The largest absolute Gasteiger partial charge is 0.374 e. The number of likely N-dealkylation sites (tertiary alicyclic amines) is 1. The second-order valence-corrected chi connectivity index (χ2v) is 5.84. The van der Waals surface area contributed by atoms with Gasteiger partial charge in [0.15, 0.2) is 0 Å². The van der Waals surface area contributed by atoms with E-state index in [9.17, 15) is 4.79 Å². The molecule has 0 aromatic heterocycles. The van der Waals surface area contributed by atoms with Gasteiger partial charge in [0.05, 0.1) is 0 Å². The van der Waals surface area contributed by atoms with Crippen molar-refractivity contribution < 1.29 is 4.79 Å². The number of anilines is 2. The van der Waals surface area contributed by atoms with Crippen LogP contribution in [0.15, 0.2) is 24.3 Å². The van der Waals surface area contributed by atoms with Gasteiger partial charge in [0.1, 0.15) is 6.04 Å². The molecule has 0 saturated carbocycles. The van der Waals surface area contributed by atoms with E-state index < -0.39 is 0 Å². The highest BCUT2D eigenvalue weighted by Crippen LogP contribution is 2.23. The van der Waals surface area contributed by atoms with Crippen molar-refractivity contribution >= 4 is 17.3 Å². The first-order valence-corrected chi connectivity index (χ1v) is 7.60. The van der Waals surface area contributed by atoms with Gasteiger partial charge in [-0.3, -0.25) is 4.79 Å². The minimum absolute atomic E-state index is 0.0548. The van der Waals surface area contributed by atoms with Crippen molar-refractivity contribution in [2.24, 2.45) is 0 Å². The molecule has 1 unspecified atom stereocenters. The summed E-state index contributed by atoms with van der Waals surface area (Å²) in [6.07, 6.45) is 4.84. The number of carbonyl (C=O) groups excluding carboxylic acids is 1. The van der Waals surface area contributed by atoms with Gasteiger partial charge in [0.25, 0.3) is 0 Å². The Kier molecular flexibility index (Phi) is 3.81. The Morgan fingerprint density at radius 2 is 1.75 bits per heavy atom. The fourth-order valence-electron chi connectivity index (χ4n) is 3.08. The number of hydrogen-bond donors (Lipinski definition) is 1. The van der Waals surface area contributed by atoms with Gasteiger partial charge < -0.3 is 15.1 Å². The maximum Gasteiger partial charge on any atom is 0.244 e. The summed E-state index contributed by atoms with van der Waals surface area (Å²) in [5.41, 5.74) is 2.34. The van der Waals surface area contributed by atoms with E-state index in [4.69, 9.17) is 0 Å². The molecule has 1 N–H and O–H groups in total. The van der Waals surface area contributed by atoms with Crippen LogP contribution in [-0.4, -0.2) is 43.5 Å². The quantitative estimate of drug-likeness (QED) is 0.918. The summed E-state index contributed by atoms with van der Waals surface area (Å²) < 4.78 is 0. The summed E-state index contributed by atoms with van der Waals surface area (Å²) in [6, 6.07) is 8.46. The summed E-state index contributed by atoms with van der Waals surface area (Å²) in [5, 5.41) is 3.34. The minimum Gasteiger partial charge on any atom is -0.374 e. The van der Waals surface area contributed by atoms with E-state index in [2.05, 4.69) is 34.5 Å². The smallest absolute Gasteiger partial charge is 0.244 e. The van der Waals surface area contributed by atoms with Gasteiger partial charge in [-0.05, 0) is 49.9 Å². The summed E-state index contributed by atoms with van der Waals surface area (Å²) >= 11 is 0. The first-order chi connectivity index (χ1) is 9.74. The van der Waals surface area contributed by atoms with E-state index in [0.717, 1.165) is 18.7 Å². The Hall–Kier alpha value is -1.71. The van der Waals surface area contributed by atoms with Crippen molar-refractivity contribution in [2.75, 3.05) is 36.9 Å². The fourth-order valence-corrected chi connectivity index (χ4v) is 3.08. The van der Waals surface area contributed by atoms with Gasteiger partial charge >= 0.3 is 0 Å². The first-order valence-electron chi connectivity index (χ1n) is 7.60. The van der Waals surface area contributed by atoms with Crippen molar-refractivity contribution in [2.45, 2.75) is 31.7 Å². The fraction of sp³-hybridized carbons (Fsp3) is 0.562. The summed E-state index contributed by atoms with van der Waals surface area (Å²) in [7, 11) is 1.86. The zero-order valence-electron chi connectivity index (χ0n) is 12.1. The van der Waals surface area contributed by atoms with Gasteiger partial charge in [-0.15, -0.1) is 0 Å². The molecule has 2 heterocycles. The molecule has 3 rings (SSSR count). The molecule has 2 aliphatic heterocycles. The molecule has 108 valence electrons. The zero-order valence-corrected chi connectivity index (χ0v) is 12.1. The first kappa shape index (κ1) is 13.3. The third-order valence-electron chi connectivity index (χ3n) is 4.36. The average molecular weight is 273 g/mol. The lowest BCUT2D eigenvalue weighted by atomic mass is 10.1. The molecule has 4 heteroatoms. The summed E-state index contributed by atoms with van der Waals surface area (Å²) in [4.78, 5) is 16.1. The SMILES string of the molecule is CN1CCC(Nc2ccc(N3CCCCC3)cc2)C1=O. The maximum absolute atomic E-state index is 11.9. The van der Waals surface area contributed by atoms with E-state index in [-0.39, 0.29) is 11.9 Å². The van der Waals surface area contributed by atoms with Crippen LogP contribution in [0.1, 0.15) is 25.7 Å². The Morgan fingerprint density at radius 3 is 2.35 bits per heavy atom. The Morgan fingerprint density at radius 1 is 1.05 bits per heavy atom. The van der Waals surface area contributed by atoms with E-state index in [1.54, 1.807) is 4.90 Å². The lowest BCUT2D eigenvalue weighted by Gasteiger charge is -2.29. The van der Waals surface area contributed by atoms with Crippen molar-refractivity contribution in [3.8, 4) is 0 Å². The highest BCUT2D eigenvalue weighted by Gasteiger charge is 2.28. The zero-order chi connectivity index (χ0) is 13.9. The molecule has 1 atom stereocenters. The number of carbonyl (C=O) groups is 1. The molecule has 1 aromatic carbocycles. The Balaban J connectivity index is 1.62. The van der Waals surface area contributed by atoms with Crippen LogP contribution >= 0.6 is 0 Å². The second kappa shape index (κ2) is 5.73. The molecule has 0 bridgehead atoms.